The smallest absolute Gasteiger partial charge is 0.322 e. The predicted octanol–water partition coefficient (Wildman–Crippen LogP) is 4.68. The molecule has 0 saturated heterocycles. The van der Waals surface area contributed by atoms with Crippen LogP contribution in [0.3, 0.4) is 0 Å². The fourth-order valence-electron chi connectivity index (χ4n) is 3.18. The highest BCUT2D eigenvalue weighted by molar-refractivity contribution is 6.36. The van der Waals surface area contributed by atoms with Crippen LogP contribution in [0.25, 0.3) is 0 Å². The number of carbonyl (C=O) groups excluding carboxylic acids is 2. The number of halogens is 2. The molecule has 1 aromatic heterocycles. The average molecular weight is 423 g/mol. The van der Waals surface area contributed by atoms with Crippen molar-refractivity contribution in [3.8, 4) is 0 Å². The minimum Gasteiger partial charge on any atom is -0.360 e. The van der Waals surface area contributed by atoms with E-state index in [2.05, 4.69) is 15.8 Å². The summed E-state index contributed by atoms with van der Waals surface area (Å²) in [6.45, 7) is 5.88. The fraction of sp³-hybridized carbons (Fsp3) is 0.316. The standard InChI is InChI=1S/C19H20Cl2N4O3/c1-4-8-25-11(3)15(18(26)22-14-9-10(2)28-24-14)17(23-19(25)27)16-12(20)6-5-7-13(16)21/h5-7,9,17H,4,8H2,1-3H3,(H,23,27)(H,22,24,26)/t17-/m0/s1. The number of nitrogens with zero attached hydrogens (tertiary/aromatic N) is 2. The van der Waals surface area contributed by atoms with Crippen molar-refractivity contribution >= 4 is 41.0 Å². The number of allylic oxidation sites excluding steroid dienone is 1. The van der Waals surface area contributed by atoms with Gasteiger partial charge >= 0.3 is 6.03 Å². The SMILES string of the molecule is CCCN1C(=O)N[C@H](c2c(Cl)cccc2Cl)C(C(=O)Nc2cc(C)on2)=C1C. The van der Waals surface area contributed by atoms with Crippen molar-refractivity contribution in [3.05, 3.63) is 56.9 Å². The molecular formula is C19H20Cl2N4O3. The molecule has 3 amide bonds. The molecule has 3 rings (SSSR count). The molecule has 28 heavy (non-hydrogen) atoms. The van der Waals surface area contributed by atoms with Gasteiger partial charge in [-0.2, -0.15) is 0 Å². The summed E-state index contributed by atoms with van der Waals surface area (Å²) in [6.07, 6.45) is 0.736. The summed E-state index contributed by atoms with van der Waals surface area (Å²) in [5.74, 6) is 0.426. The van der Waals surface area contributed by atoms with E-state index in [-0.39, 0.29) is 11.8 Å². The van der Waals surface area contributed by atoms with Crippen molar-refractivity contribution in [2.75, 3.05) is 11.9 Å². The maximum Gasteiger partial charge on any atom is 0.322 e. The van der Waals surface area contributed by atoms with Gasteiger partial charge in [-0.1, -0.05) is 41.3 Å². The highest BCUT2D eigenvalue weighted by atomic mass is 35.5. The molecule has 1 aliphatic rings. The summed E-state index contributed by atoms with van der Waals surface area (Å²) in [6, 6.07) is 5.54. The molecule has 0 saturated carbocycles. The minimum absolute atomic E-state index is 0.283. The zero-order chi connectivity index (χ0) is 20.4. The van der Waals surface area contributed by atoms with E-state index in [4.69, 9.17) is 27.7 Å². The third-order valence-electron chi connectivity index (χ3n) is 4.45. The van der Waals surface area contributed by atoms with Crippen molar-refractivity contribution in [3.63, 3.8) is 0 Å². The Labute approximate surface area is 172 Å². The molecule has 0 unspecified atom stereocenters. The molecule has 1 aliphatic heterocycles. The Morgan fingerprint density at radius 2 is 2.00 bits per heavy atom. The second-order valence-corrected chi connectivity index (χ2v) is 7.26. The van der Waals surface area contributed by atoms with Crippen LogP contribution in [0.4, 0.5) is 10.6 Å². The first-order chi connectivity index (χ1) is 13.3. The third-order valence-corrected chi connectivity index (χ3v) is 5.11. The van der Waals surface area contributed by atoms with E-state index in [1.807, 2.05) is 6.92 Å². The third kappa shape index (κ3) is 3.86. The second-order valence-electron chi connectivity index (χ2n) is 6.45. The average Bonchev–Trinajstić information content (AvgIpc) is 3.03. The van der Waals surface area contributed by atoms with Gasteiger partial charge in [-0.3, -0.25) is 9.69 Å². The van der Waals surface area contributed by atoms with Gasteiger partial charge in [0, 0.05) is 33.9 Å². The number of hydrogen-bond acceptors (Lipinski definition) is 4. The number of rotatable bonds is 5. The Morgan fingerprint density at radius 1 is 1.32 bits per heavy atom. The lowest BCUT2D eigenvalue weighted by atomic mass is 9.94. The van der Waals surface area contributed by atoms with Gasteiger partial charge in [0.05, 0.1) is 11.6 Å². The van der Waals surface area contributed by atoms with Crippen LogP contribution in [0.5, 0.6) is 0 Å². The van der Waals surface area contributed by atoms with E-state index in [0.29, 0.717) is 39.2 Å². The number of benzene rings is 1. The highest BCUT2D eigenvalue weighted by Gasteiger charge is 2.37. The number of anilines is 1. The first-order valence-corrected chi connectivity index (χ1v) is 9.56. The molecule has 2 heterocycles. The van der Waals surface area contributed by atoms with Crippen LogP contribution in [0.2, 0.25) is 10.0 Å². The molecule has 148 valence electrons. The van der Waals surface area contributed by atoms with E-state index in [1.165, 1.54) is 4.90 Å². The number of carbonyl (C=O) groups is 2. The maximum atomic E-state index is 13.1. The first kappa shape index (κ1) is 20.2. The van der Waals surface area contributed by atoms with Crippen molar-refractivity contribution in [1.29, 1.82) is 0 Å². The normalized spacial score (nSPS) is 17.0. The largest absolute Gasteiger partial charge is 0.360 e. The number of nitrogens with one attached hydrogen (secondary N) is 2. The Kier molecular flexibility index (Phi) is 5.96. The van der Waals surface area contributed by atoms with Crippen LogP contribution in [0.1, 0.15) is 37.6 Å². The summed E-state index contributed by atoms with van der Waals surface area (Å²) >= 11 is 12.7. The minimum atomic E-state index is -0.796. The van der Waals surface area contributed by atoms with Gasteiger partial charge in [0.2, 0.25) is 0 Å². The second kappa shape index (κ2) is 8.24. The lowest BCUT2D eigenvalue weighted by Crippen LogP contribution is -2.48. The van der Waals surface area contributed by atoms with Gasteiger partial charge in [0.1, 0.15) is 5.76 Å². The Bertz CT molecular complexity index is 934. The monoisotopic (exact) mass is 422 g/mol. The Balaban J connectivity index is 2.09. The quantitative estimate of drug-likeness (QED) is 0.731. The van der Waals surface area contributed by atoms with Gasteiger partial charge in [0.25, 0.3) is 5.91 Å². The van der Waals surface area contributed by atoms with E-state index >= 15 is 0 Å². The molecular weight excluding hydrogens is 403 g/mol. The van der Waals surface area contributed by atoms with E-state index in [1.54, 1.807) is 38.1 Å². The molecule has 0 fully saturated rings. The molecule has 7 nitrogen and oxygen atoms in total. The lowest BCUT2D eigenvalue weighted by Gasteiger charge is -2.36. The number of urea groups is 1. The van der Waals surface area contributed by atoms with Gasteiger partial charge in [0.15, 0.2) is 5.82 Å². The molecule has 0 aliphatic carbocycles. The predicted molar refractivity (Wildman–Crippen MR) is 107 cm³/mol. The topological polar surface area (TPSA) is 87.5 Å². The van der Waals surface area contributed by atoms with Gasteiger partial charge < -0.3 is 15.2 Å². The summed E-state index contributed by atoms with van der Waals surface area (Å²) in [4.78, 5) is 27.3. The summed E-state index contributed by atoms with van der Waals surface area (Å²) in [7, 11) is 0. The number of aromatic nitrogens is 1. The molecule has 1 atom stereocenters. The molecule has 2 N–H and O–H groups in total. The van der Waals surface area contributed by atoms with Gasteiger partial charge in [-0.25, -0.2) is 4.79 Å². The van der Waals surface area contributed by atoms with Crippen LogP contribution in [0, 0.1) is 6.92 Å². The number of aryl methyl sites for hydroxylation is 1. The van der Waals surface area contributed by atoms with Crippen LogP contribution < -0.4 is 10.6 Å². The molecule has 0 spiro atoms. The first-order valence-electron chi connectivity index (χ1n) is 8.80. The van der Waals surface area contributed by atoms with Crippen LogP contribution in [-0.4, -0.2) is 28.5 Å². The molecule has 0 bridgehead atoms. The zero-order valence-electron chi connectivity index (χ0n) is 15.7. The van der Waals surface area contributed by atoms with E-state index in [9.17, 15) is 9.59 Å². The highest BCUT2D eigenvalue weighted by Crippen LogP contribution is 2.38. The maximum absolute atomic E-state index is 13.1. The van der Waals surface area contributed by atoms with Gasteiger partial charge in [-0.05, 0) is 32.4 Å². The number of amides is 3. The summed E-state index contributed by atoms with van der Waals surface area (Å²) in [5.41, 5.74) is 1.34. The summed E-state index contributed by atoms with van der Waals surface area (Å²) in [5, 5.41) is 10.1. The molecule has 0 radical (unpaired) electrons. The fourth-order valence-corrected chi connectivity index (χ4v) is 3.80. The van der Waals surface area contributed by atoms with Crippen LogP contribution in [-0.2, 0) is 4.79 Å². The Hall–Kier alpha value is -2.51. The van der Waals surface area contributed by atoms with E-state index < -0.39 is 11.9 Å². The lowest BCUT2D eigenvalue weighted by molar-refractivity contribution is -0.113. The number of hydrogen-bond donors (Lipinski definition) is 2. The van der Waals surface area contributed by atoms with Crippen LogP contribution in [0.15, 0.2) is 40.1 Å². The molecule has 9 heteroatoms. The van der Waals surface area contributed by atoms with Crippen molar-refractivity contribution in [1.82, 2.24) is 15.4 Å². The van der Waals surface area contributed by atoms with E-state index in [0.717, 1.165) is 6.42 Å². The Morgan fingerprint density at radius 3 is 2.57 bits per heavy atom. The van der Waals surface area contributed by atoms with Crippen molar-refractivity contribution < 1.29 is 14.1 Å². The zero-order valence-corrected chi connectivity index (χ0v) is 17.2. The molecule has 1 aromatic carbocycles. The van der Waals surface area contributed by atoms with Crippen molar-refractivity contribution in [2.45, 2.75) is 33.2 Å². The van der Waals surface area contributed by atoms with Gasteiger partial charge in [-0.15, -0.1) is 0 Å². The van der Waals surface area contributed by atoms with Crippen LogP contribution >= 0.6 is 23.2 Å². The van der Waals surface area contributed by atoms with Crippen molar-refractivity contribution in [2.24, 2.45) is 0 Å². The molecule has 2 aromatic rings. The summed E-state index contributed by atoms with van der Waals surface area (Å²) < 4.78 is 5.00.